The highest BCUT2D eigenvalue weighted by atomic mass is 16.3. The summed E-state index contributed by atoms with van der Waals surface area (Å²) in [5.41, 5.74) is 3.45. The number of hydrogen-bond donors (Lipinski definition) is 2. The Morgan fingerprint density at radius 2 is 1.95 bits per heavy atom. The molecule has 0 aromatic heterocycles. The smallest absolute Gasteiger partial charge is 0.119 e. The van der Waals surface area contributed by atoms with Gasteiger partial charge in [-0.25, -0.2) is 0 Å². The van der Waals surface area contributed by atoms with Crippen molar-refractivity contribution >= 4 is 6.08 Å². The van der Waals surface area contributed by atoms with E-state index in [2.05, 4.69) is 45.9 Å². The first-order chi connectivity index (χ1) is 10.3. The van der Waals surface area contributed by atoms with Crippen molar-refractivity contribution < 1.29 is 10.2 Å². The molecule has 1 aromatic rings. The number of rotatable bonds is 2. The highest BCUT2D eigenvalue weighted by molar-refractivity contribution is 5.64. The van der Waals surface area contributed by atoms with Crippen molar-refractivity contribution in [2.45, 2.75) is 58.3 Å². The van der Waals surface area contributed by atoms with E-state index in [1.165, 1.54) is 11.1 Å². The average Bonchev–Trinajstić information content (AvgIpc) is 2.47. The summed E-state index contributed by atoms with van der Waals surface area (Å²) >= 11 is 0. The van der Waals surface area contributed by atoms with Gasteiger partial charge in [-0.05, 0) is 58.9 Å². The first kappa shape index (κ1) is 15.6. The molecule has 1 fully saturated rings. The zero-order valence-corrected chi connectivity index (χ0v) is 14.2. The zero-order chi connectivity index (χ0) is 16.1. The number of phenols is 1. The van der Waals surface area contributed by atoms with Crippen LogP contribution in [0.15, 0.2) is 18.2 Å². The zero-order valence-electron chi connectivity index (χ0n) is 14.2. The van der Waals surface area contributed by atoms with Gasteiger partial charge in [-0.2, -0.15) is 0 Å². The van der Waals surface area contributed by atoms with Crippen molar-refractivity contribution in [3.63, 3.8) is 0 Å². The molecule has 0 heterocycles. The molecule has 0 aliphatic heterocycles. The van der Waals surface area contributed by atoms with Crippen LogP contribution in [0.25, 0.3) is 6.08 Å². The minimum atomic E-state index is -0.0620. The van der Waals surface area contributed by atoms with Crippen molar-refractivity contribution in [3.05, 3.63) is 34.9 Å². The van der Waals surface area contributed by atoms with E-state index < -0.39 is 0 Å². The number of hydrogen-bond acceptors (Lipinski definition) is 2. The lowest BCUT2D eigenvalue weighted by atomic mass is 9.52. The number of phenolic OH excluding ortho intramolecular Hbond substituents is 1. The highest BCUT2D eigenvalue weighted by Crippen LogP contribution is 2.56. The first-order valence-electron chi connectivity index (χ1n) is 8.48. The van der Waals surface area contributed by atoms with Crippen LogP contribution in [0.5, 0.6) is 5.75 Å². The molecule has 0 spiro atoms. The van der Waals surface area contributed by atoms with Gasteiger partial charge >= 0.3 is 0 Å². The fraction of sp³-hybridized carbons (Fsp3) is 0.600. The molecule has 2 aliphatic carbocycles. The Balaban J connectivity index is 2.15. The minimum absolute atomic E-state index is 0.00675. The third-order valence-electron chi connectivity index (χ3n) is 6.15. The van der Waals surface area contributed by atoms with Crippen molar-refractivity contribution in [1.29, 1.82) is 0 Å². The summed E-state index contributed by atoms with van der Waals surface area (Å²) in [7, 11) is 0. The molecule has 0 amide bonds. The van der Waals surface area contributed by atoms with E-state index in [-0.39, 0.29) is 17.4 Å². The maximum absolute atomic E-state index is 10.5. The summed E-state index contributed by atoms with van der Waals surface area (Å²) < 4.78 is 0. The highest BCUT2D eigenvalue weighted by Gasteiger charge is 2.50. The van der Waals surface area contributed by atoms with E-state index in [4.69, 9.17) is 0 Å². The third kappa shape index (κ3) is 2.11. The van der Waals surface area contributed by atoms with Crippen molar-refractivity contribution in [2.24, 2.45) is 11.3 Å². The second-order valence-corrected chi connectivity index (χ2v) is 8.07. The lowest BCUT2D eigenvalue weighted by Crippen LogP contribution is -2.48. The minimum Gasteiger partial charge on any atom is -0.508 e. The fourth-order valence-corrected chi connectivity index (χ4v) is 4.78. The van der Waals surface area contributed by atoms with Crippen LogP contribution in [0, 0.1) is 11.3 Å². The third-order valence-corrected chi connectivity index (χ3v) is 6.15. The number of aliphatic hydroxyl groups excluding tert-OH is 1. The fourth-order valence-electron chi connectivity index (χ4n) is 4.78. The van der Waals surface area contributed by atoms with Gasteiger partial charge in [-0.15, -0.1) is 0 Å². The van der Waals surface area contributed by atoms with Gasteiger partial charge in [-0.3, -0.25) is 0 Å². The SMILES string of the molecule is CC(C)c1cc2c(cc1O)[C@@]1(C)CCC[C@](C)(CO)[C@H]1C=C2. The van der Waals surface area contributed by atoms with Crippen molar-refractivity contribution in [2.75, 3.05) is 6.61 Å². The quantitative estimate of drug-likeness (QED) is 0.838. The first-order valence-corrected chi connectivity index (χ1v) is 8.48. The molecule has 22 heavy (non-hydrogen) atoms. The number of aliphatic hydroxyl groups is 1. The van der Waals surface area contributed by atoms with Crippen molar-refractivity contribution in [1.82, 2.24) is 0 Å². The van der Waals surface area contributed by atoms with Crippen LogP contribution in [0.1, 0.15) is 69.6 Å². The van der Waals surface area contributed by atoms with E-state index in [1.54, 1.807) is 0 Å². The van der Waals surface area contributed by atoms with E-state index in [1.807, 2.05) is 6.07 Å². The Labute approximate surface area is 133 Å². The summed E-state index contributed by atoms with van der Waals surface area (Å²) in [5.74, 6) is 1.06. The maximum atomic E-state index is 10.5. The van der Waals surface area contributed by atoms with Gasteiger partial charge in [0.25, 0.3) is 0 Å². The van der Waals surface area contributed by atoms with Crippen LogP contribution in [-0.4, -0.2) is 16.8 Å². The molecule has 1 saturated carbocycles. The number of allylic oxidation sites excluding steroid dienone is 1. The maximum Gasteiger partial charge on any atom is 0.119 e. The molecule has 0 radical (unpaired) electrons. The summed E-state index contributed by atoms with van der Waals surface area (Å²) in [6.07, 6.45) is 7.82. The van der Waals surface area contributed by atoms with Crippen molar-refractivity contribution in [3.8, 4) is 5.75 Å². The molecule has 0 saturated heterocycles. The summed E-state index contributed by atoms with van der Waals surface area (Å²) in [6, 6.07) is 4.14. The van der Waals surface area contributed by atoms with E-state index in [0.717, 1.165) is 24.8 Å². The van der Waals surface area contributed by atoms with Gasteiger partial charge in [0.15, 0.2) is 0 Å². The van der Waals surface area contributed by atoms with Gasteiger partial charge in [0.05, 0.1) is 0 Å². The van der Waals surface area contributed by atoms with Gasteiger partial charge < -0.3 is 10.2 Å². The molecule has 2 heteroatoms. The molecular formula is C20H28O2. The Morgan fingerprint density at radius 1 is 1.23 bits per heavy atom. The molecule has 3 atom stereocenters. The molecule has 1 aromatic carbocycles. The van der Waals surface area contributed by atoms with E-state index >= 15 is 0 Å². The van der Waals surface area contributed by atoms with E-state index in [9.17, 15) is 10.2 Å². The topological polar surface area (TPSA) is 40.5 Å². The second-order valence-electron chi connectivity index (χ2n) is 8.07. The molecule has 120 valence electrons. The Hall–Kier alpha value is -1.28. The number of benzene rings is 1. The van der Waals surface area contributed by atoms with Crippen LogP contribution < -0.4 is 0 Å². The Morgan fingerprint density at radius 3 is 2.59 bits per heavy atom. The monoisotopic (exact) mass is 300 g/mol. The van der Waals surface area contributed by atoms with E-state index in [0.29, 0.717) is 17.6 Å². The summed E-state index contributed by atoms with van der Waals surface area (Å²) in [4.78, 5) is 0. The predicted molar refractivity (Wildman–Crippen MR) is 91.1 cm³/mol. The van der Waals surface area contributed by atoms with Gasteiger partial charge in [-0.1, -0.05) is 46.3 Å². The normalized spacial score (nSPS) is 33.6. The summed E-state index contributed by atoms with van der Waals surface area (Å²) in [6.45, 7) is 8.96. The Bertz CT molecular complexity index is 616. The molecule has 2 N–H and O–H groups in total. The predicted octanol–water partition coefficient (Wildman–Crippen LogP) is 4.60. The van der Waals surface area contributed by atoms with Gasteiger partial charge in [0.1, 0.15) is 5.75 Å². The van der Waals surface area contributed by atoms with Crippen LogP contribution in [-0.2, 0) is 5.41 Å². The van der Waals surface area contributed by atoms with Crippen LogP contribution in [0.4, 0.5) is 0 Å². The standard InChI is InChI=1S/C20H28O2/c1-13(2)15-10-14-6-7-18-19(3,12-21)8-5-9-20(18,4)16(14)11-17(15)22/h6-7,10-11,13,18,21-22H,5,8-9,12H2,1-4H3/t18-,19-,20-/m1/s1. The average molecular weight is 300 g/mol. The van der Waals surface area contributed by atoms with Crippen LogP contribution in [0.2, 0.25) is 0 Å². The largest absolute Gasteiger partial charge is 0.508 e. The Kier molecular flexibility index (Phi) is 3.64. The number of fused-ring (bicyclic) bond motifs is 3. The summed E-state index contributed by atoms with van der Waals surface area (Å²) in [5, 5.41) is 20.4. The molecule has 2 nitrogen and oxygen atoms in total. The molecule has 3 rings (SSSR count). The lowest BCUT2D eigenvalue weighted by molar-refractivity contribution is 0.0170. The molecule has 0 bridgehead atoms. The van der Waals surface area contributed by atoms with Gasteiger partial charge in [0, 0.05) is 12.0 Å². The van der Waals surface area contributed by atoms with Crippen LogP contribution in [0.3, 0.4) is 0 Å². The lowest BCUT2D eigenvalue weighted by Gasteiger charge is -2.53. The second kappa shape index (κ2) is 5.13. The van der Waals surface area contributed by atoms with Crippen LogP contribution >= 0.6 is 0 Å². The molecule has 0 unspecified atom stereocenters. The molecule has 2 aliphatic rings. The molecular weight excluding hydrogens is 272 g/mol. The van der Waals surface area contributed by atoms with Gasteiger partial charge in [0.2, 0.25) is 0 Å². The number of aromatic hydroxyl groups is 1.